The van der Waals surface area contributed by atoms with Crippen molar-refractivity contribution in [2.45, 2.75) is 77.0 Å². The Bertz CT molecular complexity index is 271. The second-order valence-electron chi connectivity index (χ2n) is 5.81. The van der Waals surface area contributed by atoms with Gasteiger partial charge in [-0.15, -0.1) is 0 Å². The maximum atomic E-state index is 12.3. The van der Waals surface area contributed by atoms with E-state index in [0.717, 1.165) is 24.8 Å². The highest BCUT2D eigenvalue weighted by molar-refractivity contribution is 5.95. The Labute approximate surface area is 106 Å². The van der Waals surface area contributed by atoms with Gasteiger partial charge in [0.05, 0.1) is 0 Å². The lowest BCUT2D eigenvalue weighted by molar-refractivity contribution is -0.116. The maximum absolute atomic E-state index is 12.3. The average Bonchev–Trinajstić information content (AvgIpc) is 2.29. The van der Waals surface area contributed by atoms with Crippen LogP contribution in [0.2, 0.25) is 0 Å². The molecule has 0 amide bonds. The van der Waals surface area contributed by atoms with E-state index in [-0.39, 0.29) is 0 Å². The molecule has 1 heteroatoms. The van der Waals surface area contributed by atoms with Gasteiger partial charge in [-0.3, -0.25) is 4.79 Å². The van der Waals surface area contributed by atoms with Gasteiger partial charge in [0.25, 0.3) is 0 Å². The van der Waals surface area contributed by atoms with Crippen molar-refractivity contribution in [2.24, 2.45) is 5.92 Å². The van der Waals surface area contributed by atoms with Crippen LogP contribution in [0.3, 0.4) is 0 Å². The first-order valence-electron chi connectivity index (χ1n) is 7.58. The molecular formula is C16H26O. The monoisotopic (exact) mass is 234 g/mol. The van der Waals surface area contributed by atoms with Crippen molar-refractivity contribution in [2.75, 3.05) is 0 Å². The van der Waals surface area contributed by atoms with Crippen LogP contribution in [0, 0.1) is 5.92 Å². The standard InChI is InChI=1S/C16H26O/c17-16(13-14-9-5-4-6-10-14)15-11-7-2-1-3-8-12-15/h11,14H,1-10,12-13H2. The molecule has 0 bridgehead atoms. The molecule has 1 fully saturated rings. The van der Waals surface area contributed by atoms with E-state index in [9.17, 15) is 4.79 Å². The number of hydrogen-bond donors (Lipinski definition) is 0. The smallest absolute Gasteiger partial charge is 0.158 e. The molecule has 0 heterocycles. The molecular weight excluding hydrogens is 208 g/mol. The molecule has 0 aliphatic heterocycles. The van der Waals surface area contributed by atoms with E-state index in [2.05, 4.69) is 6.08 Å². The lowest BCUT2D eigenvalue weighted by Crippen LogP contribution is -2.14. The zero-order valence-corrected chi connectivity index (χ0v) is 11.0. The summed E-state index contributed by atoms with van der Waals surface area (Å²) in [5.41, 5.74) is 1.16. The largest absolute Gasteiger partial charge is 0.295 e. The molecule has 2 aliphatic carbocycles. The van der Waals surface area contributed by atoms with E-state index in [1.165, 1.54) is 57.8 Å². The van der Waals surface area contributed by atoms with E-state index in [0.29, 0.717) is 11.7 Å². The van der Waals surface area contributed by atoms with Gasteiger partial charge >= 0.3 is 0 Å². The normalized spacial score (nSPS) is 23.6. The topological polar surface area (TPSA) is 17.1 Å². The van der Waals surface area contributed by atoms with Gasteiger partial charge in [-0.25, -0.2) is 0 Å². The van der Waals surface area contributed by atoms with Gasteiger partial charge in [0.1, 0.15) is 0 Å². The third kappa shape index (κ3) is 4.29. The number of ketones is 1. The second kappa shape index (κ2) is 6.98. The van der Waals surface area contributed by atoms with Crippen molar-refractivity contribution in [1.82, 2.24) is 0 Å². The van der Waals surface area contributed by atoms with Gasteiger partial charge in [0.15, 0.2) is 5.78 Å². The van der Waals surface area contributed by atoms with Crippen LogP contribution >= 0.6 is 0 Å². The molecule has 0 radical (unpaired) electrons. The summed E-state index contributed by atoms with van der Waals surface area (Å²) in [6.45, 7) is 0. The van der Waals surface area contributed by atoms with Crippen molar-refractivity contribution >= 4 is 5.78 Å². The van der Waals surface area contributed by atoms with Crippen LogP contribution in [0.25, 0.3) is 0 Å². The van der Waals surface area contributed by atoms with E-state index in [1.54, 1.807) is 0 Å². The van der Waals surface area contributed by atoms with Crippen LogP contribution in [0.4, 0.5) is 0 Å². The Morgan fingerprint density at radius 2 is 1.71 bits per heavy atom. The predicted molar refractivity (Wildman–Crippen MR) is 72.0 cm³/mol. The fraction of sp³-hybridized carbons (Fsp3) is 0.812. The van der Waals surface area contributed by atoms with Gasteiger partial charge in [-0.05, 0) is 37.2 Å². The molecule has 17 heavy (non-hydrogen) atoms. The summed E-state index contributed by atoms with van der Waals surface area (Å²) in [5, 5.41) is 0. The molecule has 2 rings (SSSR count). The molecule has 1 saturated carbocycles. The first-order valence-corrected chi connectivity index (χ1v) is 7.58. The fourth-order valence-corrected chi connectivity index (χ4v) is 3.23. The van der Waals surface area contributed by atoms with E-state index in [1.807, 2.05) is 0 Å². The highest BCUT2D eigenvalue weighted by atomic mass is 16.1. The molecule has 0 spiro atoms. The summed E-state index contributed by atoms with van der Waals surface area (Å²) in [6, 6.07) is 0. The van der Waals surface area contributed by atoms with Gasteiger partial charge in [-0.2, -0.15) is 0 Å². The lowest BCUT2D eigenvalue weighted by Gasteiger charge is -2.21. The van der Waals surface area contributed by atoms with Gasteiger partial charge in [-0.1, -0.05) is 51.0 Å². The Kier molecular flexibility index (Phi) is 5.28. The fourth-order valence-electron chi connectivity index (χ4n) is 3.23. The summed E-state index contributed by atoms with van der Waals surface area (Å²) < 4.78 is 0. The van der Waals surface area contributed by atoms with Crippen molar-refractivity contribution in [3.63, 3.8) is 0 Å². The van der Waals surface area contributed by atoms with Gasteiger partial charge in [0.2, 0.25) is 0 Å². The summed E-state index contributed by atoms with van der Waals surface area (Å²) in [7, 11) is 0. The molecule has 0 aromatic rings. The lowest BCUT2D eigenvalue weighted by atomic mass is 9.83. The maximum Gasteiger partial charge on any atom is 0.158 e. The van der Waals surface area contributed by atoms with Crippen LogP contribution in [-0.2, 0) is 4.79 Å². The highest BCUT2D eigenvalue weighted by Gasteiger charge is 2.19. The van der Waals surface area contributed by atoms with Crippen LogP contribution in [0.1, 0.15) is 77.0 Å². The zero-order valence-electron chi connectivity index (χ0n) is 11.0. The zero-order chi connectivity index (χ0) is 11.9. The van der Waals surface area contributed by atoms with Crippen molar-refractivity contribution in [3.05, 3.63) is 11.6 Å². The Balaban J connectivity index is 1.84. The van der Waals surface area contributed by atoms with E-state index in [4.69, 9.17) is 0 Å². The molecule has 0 aromatic carbocycles. The molecule has 96 valence electrons. The van der Waals surface area contributed by atoms with Crippen LogP contribution in [-0.4, -0.2) is 5.78 Å². The van der Waals surface area contributed by atoms with Crippen LogP contribution in [0.15, 0.2) is 11.6 Å². The molecule has 1 nitrogen and oxygen atoms in total. The number of rotatable bonds is 3. The number of carbonyl (C=O) groups is 1. The third-order valence-electron chi connectivity index (χ3n) is 4.35. The van der Waals surface area contributed by atoms with Gasteiger partial charge < -0.3 is 0 Å². The quantitative estimate of drug-likeness (QED) is 0.685. The molecule has 0 atom stereocenters. The average molecular weight is 234 g/mol. The van der Waals surface area contributed by atoms with Crippen molar-refractivity contribution in [1.29, 1.82) is 0 Å². The van der Waals surface area contributed by atoms with Crippen molar-refractivity contribution in [3.8, 4) is 0 Å². The Hall–Kier alpha value is -0.590. The molecule has 0 saturated heterocycles. The Morgan fingerprint density at radius 3 is 2.53 bits per heavy atom. The van der Waals surface area contributed by atoms with E-state index >= 15 is 0 Å². The molecule has 0 N–H and O–H groups in total. The third-order valence-corrected chi connectivity index (χ3v) is 4.35. The first kappa shape index (κ1) is 12.9. The van der Waals surface area contributed by atoms with E-state index < -0.39 is 0 Å². The molecule has 0 unspecified atom stereocenters. The minimum absolute atomic E-state index is 0.471. The molecule has 2 aliphatic rings. The number of allylic oxidation sites excluding steroid dienone is 2. The summed E-state index contributed by atoms with van der Waals surface area (Å²) in [6.07, 6.45) is 17.1. The number of carbonyl (C=O) groups excluding carboxylic acids is 1. The van der Waals surface area contributed by atoms with Gasteiger partial charge in [0, 0.05) is 6.42 Å². The van der Waals surface area contributed by atoms with Crippen molar-refractivity contribution < 1.29 is 4.79 Å². The summed E-state index contributed by atoms with van der Waals surface area (Å²) in [5.74, 6) is 1.17. The Morgan fingerprint density at radius 1 is 1.00 bits per heavy atom. The highest BCUT2D eigenvalue weighted by Crippen LogP contribution is 2.28. The number of Topliss-reactive ketones (excluding diaryl/α,β-unsaturated/α-hetero) is 1. The molecule has 0 aromatic heterocycles. The summed E-state index contributed by atoms with van der Waals surface area (Å²) in [4.78, 5) is 12.3. The SMILES string of the molecule is O=C(CC1CCCCC1)C1=CCCCCCC1. The minimum atomic E-state index is 0.471. The minimum Gasteiger partial charge on any atom is -0.295 e. The number of hydrogen-bond acceptors (Lipinski definition) is 1. The van der Waals surface area contributed by atoms with Crippen LogP contribution in [0.5, 0.6) is 0 Å². The predicted octanol–water partition coefficient (Wildman–Crippen LogP) is 4.81. The summed E-state index contributed by atoms with van der Waals surface area (Å²) >= 11 is 0. The second-order valence-corrected chi connectivity index (χ2v) is 5.81. The first-order chi connectivity index (χ1) is 8.36. The van der Waals surface area contributed by atoms with Crippen LogP contribution < -0.4 is 0 Å².